The number of hydrogen-bond acceptors (Lipinski definition) is 4. The summed E-state index contributed by atoms with van der Waals surface area (Å²) < 4.78 is 35.6. The summed E-state index contributed by atoms with van der Waals surface area (Å²) in [5.74, 6) is -1.04. The van der Waals surface area contributed by atoms with Gasteiger partial charge in [-0.05, 0) is 24.1 Å². The van der Waals surface area contributed by atoms with Gasteiger partial charge in [0, 0.05) is 19.5 Å². The van der Waals surface area contributed by atoms with Crippen molar-refractivity contribution in [1.82, 2.24) is 10.2 Å². The van der Waals surface area contributed by atoms with Crippen molar-refractivity contribution in [3.63, 3.8) is 0 Å². The third kappa shape index (κ3) is 5.31. The lowest BCUT2D eigenvalue weighted by Gasteiger charge is -2.21. The van der Waals surface area contributed by atoms with Gasteiger partial charge in [-0.25, -0.2) is 12.8 Å². The summed E-state index contributed by atoms with van der Waals surface area (Å²) >= 11 is 0. The highest BCUT2D eigenvalue weighted by molar-refractivity contribution is 7.91. The fraction of sp³-hybridized carbons (Fsp3) is 0.467. The van der Waals surface area contributed by atoms with Crippen LogP contribution in [0, 0.1) is 5.82 Å². The summed E-state index contributed by atoms with van der Waals surface area (Å²) in [6.07, 6.45) is 0.395. The summed E-state index contributed by atoms with van der Waals surface area (Å²) in [6.45, 7) is 1.37. The van der Waals surface area contributed by atoms with Gasteiger partial charge in [0.05, 0.1) is 18.1 Å². The Morgan fingerprint density at radius 3 is 2.48 bits per heavy atom. The van der Waals surface area contributed by atoms with Crippen molar-refractivity contribution in [2.75, 3.05) is 18.1 Å². The predicted octanol–water partition coefficient (Wildman–Crippen LogP) is 0.478. The lowest BCUT2D eigenvalue weighted by Crippen LogP contribution is -2.43. The highest BCUT2D eigenvalue weighted by Gasteiger charge is 2.29. The van der Waals surface area contributed by atoms with E-state index in [1.807, 2.05) is 0 Å². The number of amides is 2. The topological polar surface area (TPSA) is 83.6 Å². The van der Waals surface area contributed by atoms with E-state index in [4.69, 9.17) is 0 Å². The van der Waals surface area contributed by atoms with Crippen LogP contribution in [0.5, 0.6) is 0 Å². The van der Waals surface area contributed by atoms with Crippen molar-refractivity contribution in [3.8, 4) is 0 Å². The van der Waals surface area contributed by atoms with Gasteiger partial charge in [-0.15, -0.1) is 0 Å². The van der Waals surface area contributed by atoms with Crippen molar-refractivity contribution in [3.05, 3.63) is 35.6 Å². The molecule has 2 rings (SSSR count). The van der Waals surface area contributed by atoms with E-state index in [-0.39, 0.29) is 36.3 Å². The average molecular weight is 342 g/mol. The van der Waals surface area contributed by atoms with E-state index in [0.29, 0.717) is 12.0 Å². The van der Waals surface area contributed by atoms with Crippen LogP contribution in [0.1, 0.15) is 18.9 Å². The van der Waals surface area contributed by atoms with E-state index in [1.54, 1.807) is 12.1 Å². The number of nitrogens with zero attached hydrogens (tertiary/aromatic N) is 1. The van der Waals surface area contributed by atoms with Gasteiger partial charge in [-0.3, -0.25) is 9.59 Å². The first kappa shape index (κ1) is 17.4. The molecular weight excluding hydrogens is 323 g/mol. The molecule has 1 N–H and O–H groups in total. The van der Waals surface area contributed by atoms with Crippen LogP contribution >= 0.6 is 0 Å². The molecule has 0 saturated carbocycles. The van der Waals surface area contributed by atoms with E-state index in [1.165, 1.54) is 24.0 Å². The Balaban J connectivity index is 1.92. The molecule has 1 aromatic carbocycles. The molecule has 126 valence electrons. The summed E-state index contributed by atoms with van der Waals surface area (Å²) in [6, 6.07) is 5.28. The Labute approximate surface area is 134 Å². The van der Waals surface area contributed by atoms with Crippen LogP contribution in [-0.4, -0.2) is 49.2 Å². The molecule has 8 heteroatoms. The van der Waals surface area contributed by atoms with Gasteiger partial charge in [0.15, 0.2) is 9.84 Å². The monoisotopic (exact) mass is 342 g/mol. The van der Waals surface area contributed by atoms with Crippen molar-refractivity contribution < 1.29 is 22.4 Å². The van der Waals surface area contributed by atoms with Crippen LogP contribution in [-0.2, 0) is 26.0 Å². The van der Waals surface area contributed by atoms with Crippen molar-refractivity contribution in [2.45, 2.75) is 25.9 Å². The zero-order chi connectivity index (χ0) is 17.0. The molecule has 0 bridgehead atoms. The largest absolute Gasteiger partial charge is 0.351 e. The highest BCUT2D eigenvalue weighted by Crippen LogP contribution is 2.11. The van der Waals surface area contributed by atoms with E-state index < -0.39 is 21.8 Å². The predicted molar refractivity (Wildman–Crippen MR) is 82.7 cm³/mol. The maximum Gasteiger partial charge on any atom is 0.239 e. The van der Waals surface area contributed by atoms with E-state index in [0.717, 1.165) is 0 Å². The second-order valence-electron chi connectivity index (χ2n) is 5.67. The molecule has 1 atom stereocenters. The molecule has 1 fully saturated rings. The molecule has 1 aliphatic heterocycles. The summed E-state index contributed by atoms with van der Waals surface area (Å²) in [5, 5.41) is 2.64. The van der Waals surface area contributed by atoms with Crippen LogP contribution in [0.15, 0.2) is 24.3 Å². The molecule has 23 heavy (non-hydrogen) atoms. The second-order valence-corrected chi connectivity index (χ2v) is 7.90. The van der Waals surface area contributed by atoms with Gasteiger partial charge in [-0.2, -0.15) is 0 Å². The summed E-state index contributed by atoms with van der Waals surface area (Å²) in [7, 11) is -3.07. The zero-order valence-corrected chi connectivity index (χ0v) is 13.6. The molecule has 1 heterocycles. The number of carbonyl (C=O) groups is 2. The molecule has 1 aliphatic rings. The Morgan fingerprint density at radius 1 is 1.30 bits per heavy atom. The molecule has 0 spiro atoms. The minimum absolute atomic E-state index is 0.0588. The van der Waals surface area contributed by atoms with Gasteiger partial charge in [0.25, 0.3) is 0 Å². The highest BCUT2D eigenvalue weighted by atomic mass is 32.2. The van der Waals surface area contributed by atoms with Crippen LogP contribution < -0.4 is 5.32 Å². The number of halogens is 1. The van der Waals surface area contributed by atoms with Gasteiger partial charge >= 0.3 is 0 Å². The average Bonchev–Trinajstić information content (AvgIpc) is 2.79. The molecular formula is C15H19FN2O4S. The molecule has 1 unspecified atom stereocenters. The lowest BCUT2D eigenvalue weighted by molar-refractivity contribution is -0.135. The smallest absolute Gasteiger partial charge is 0.239 e. The lowest BCUT2D eigenvalue weighted by atomic mass is 10.2. The number of carbonyl (C=O) groups excluding carboxylic acids is 2. The Morgan fingerprint density at radius 2 is 1.96 bits per heavy atom. The molecule has 0 aliphatic carbocycles. The SMILES string of the molecule is CC(=O)N(CC(=O)NC1CCS(=O)(=O)C1)Cc1ccc(F)cc1. The third-order valence-corrected chi connectivity index (χ3v) is 5.43. The van der Waals surface area contributed by atoms with E-state index >= 15 is 0 Å². The second kappa shape index (κ2) is 7.08. The summed E-state index contributed by atoms with van der Waals surface area (Å²) in [5.41, 5.74) is 0.706. The van der Waals surface area contributed by atoms with Crippen LogP contribution in [0.2, 0.25) is 0 Å². The first-order valence-corrected chi connectivity index (χ1v) is 9.07. The standard InChI is InChI=1S/C15H19FN2O4S/c1-11(19)18(8-12-2-4-13(16)5-3-12)9-15(20)17-14-6-7-23(21,22)10-14/h2-5,14H,6-10H2,1H3,(H,17,20). The Kier molecular flexibility index (Phi) is 5.35. The van der Waals surface area contributed by atoms with Crippen molar-refractivity contribution in [2.24, 2.45) is 0 Å². The number of sulfone groups is 1. The van der Waals surface area contributed by atoms with Crippen molar-refractivity contribution in [1.29, 1.82) is 0 Å². The zero-order valence-electron chi connectivity index (χ0n) is 12.8. The molecule has 1 aromatic rings. The van der Waals surface area contributed by atoms with Crippen molar-refractivity contribution >= 4 is 21.7 Å². The van der Waals surface area contributed by atoms with Gasteiger partial charge in [0.1, 0.15) is 5.82 Å². The molecule has 0 radical (unpaired) electrons. The fourth-order valence-electron chi connectivity index (χ4n) is 2.44. The number of benzene rings is 1. The molecule has 1 saturated heterocycles. The van der Waals surface area contributed by atoms with Gasteiger partial charge in [0.2, 0.25) is 11.8 Å². The van der Waals surface area contributed by atoms with Crippen LogP contribution in [0.4, 0.5) is 4.39 Å². The number of nitrogens with one attached hydrogen (secondary N) is 1. The first-order valence-electron chi connectivity index (χ1n) is 7.25. The minimum atomic E-state index is -3.07. The minimum Gasteiger partial charge on any atom is -0.351 e. The third-order valence-electron chi connectivity index (χ3n) is 3.66. The summed E-state index contributed by atoms with van der Waals surface area (Å²) in [4.78, 5) is 25.0. The first-order chi connectivity index (χ1) is 10.7. The quantitative estimate of drug-likeness (QED) is 0.843. The Bertz CT molecular complexity index is 688. The Hall–Kier alpha value is -1.96. The van der Waals surface area contributed by atoms with Crippen LogP contribution in [0.25, 0.3) is 0 Å². The van der Waals surface area contributed by atoms with E-state index in [9.17, 15) is 22.4 Å². The normalized spacial score (nSPS) is 19.3. The fourth-order valence-corrected chi connectivity index (χ4v) is 4.12. The van der Waals surface area contributed by atoms with Gasteiger partial charge < -0.3 is 10.2 Å². The molecule has 6 nitrogen and oxygen atoms in total. The molecule has 0 aromatic heterocycles. The van der Waals surface area contributed by atoms with Crippen LogP contribution in [0.3, 0.4) is 0 Å². The molecule has 2 amide bonds. The van der Waals surface area contributed by atoms with Gasteiger partial charge in [-0.1, -0.05) is 12.1 Å². The number of hydrogen-bond donors (Lipinski definition) is 1. The maximum absolute atomic E-state index is 12.9. The van der Waals surface area contributed by atoms with E-state index in [2.05, 4.69) is 5.32 Å². The maximum atomic E-state index is 12.9. The number of rotatable bonds is 5.